The zero-order chi connectivity index (χ0) is 20.9. The molecule has 154 valence electrons. The van der Waals surface area contributed by atoms with Crippen LogP contribution >= 0.6 is 11.6 Å². The van der Waals surface area contributed by atoms with Crippen LogP contribution in [0.5, 0.6) is 0 Å². The van der Waals surface area contributed by atoms with Gasteiger partial charge in [0.15, 0.2) is 0 Å². The van der Waals surface area contributed by atoms with Gasteiger partial charge in [-0.25, -0.2) is 4.98 Å². The van der Waals surface area contributed by atoms with Gasteiger partial charge in [0, 0.05) is 30.5 Å². The molecule has 0 atom stereocenters. The van der Waals surface area contributed by atoms with Gasteiger partial charge in [0.25, 0.3) is 0 Å². The van der Waals surface area contributed by atoms with Crippen LogP contribution in [0.15, 0.2) is 73.4 Å². The fourth-order valence-electron chi connectivity index (χ4n) is 4.41. The molecule has 1 fully saturated rings. The monoisotopic (exact) mass is 416 g/mol. The molecule has 0 N–H and O–H groups in total. The summed E-state index contributed by atoms with van der Waals surface area (Å²) in [5.74, 6) is 0.759. The van der Waals surface area contributed by atoms with Gasteiger partial charge in [-0.05, 0) is 72.1 Å². The molecular weight excluding hydrogens is 388 g/mol. The Balaban J connectivity index is 1.46. The summed E-state index contributed by atoms with van der Waals surface area (Å²) < 4.78 is 0. The average molecular weight is 417 g/mol. The number of piperidine rings is 1. The largest absolute Gasteiger partial charge is 0.372 e. The van der Waals surface area contributed by atoms with Crippen molar-refractivity contribution in [2.24, 2.45) is 5.92 Å². The van der Waals surface area contributed by atoms with Gasteiger partial charge in [0.2, 0.25) is 0 Å². The van der Waals surface area contributed by atoms with Gasteiger partial charge < -0.3 is 4.90 Å². The average Bonchev–Trinajstić information content (AvgIpc) is 2.80. The summed E-state index contributed by atoms with van der Waals surface area (Å²) in [6.07, 6.45) is 6.46. The molecule has 0 bridgehead atoms. The van der Waals surface area contributed by atoms with Crippen molar-refractivity contribution >= 4 is 17.3 Å². The molecule has 0 spiro atoms. The number of hydrogen-bond acceptors (Lipinski definition) is 2. The van der Waals surface area contributed by atoms with Gasteiger partial charge in [-0.2, -0.15) is 0 Å². The first kappa shape index (κ1) is 20.7. The third-order valence-corrected chi connectivity index (χ3v) is 6.45. The molecule has 0 unspecified atom stereocenters. The van der Waals surface area contributed by atoms with Crippen molar-refractivity contribution in [3.05, 3.63) is 95.3 Å². The number of rotatable bonds is 6. The maximum absolute atomic E-state index is 5.99. The summed E-state index contributed by atoms with van der Waals surface area (Å²) in [6.45, 7) is 8.79. The molecular formula is C27H29ClN2. The van der Waals surface area contributed by atoms with Crippen LogP contribution in [0.1, 0.15) is 36.5 Å². The van der Waals surface area contributed by atoms with Crippen molar-refractivity contribution in [3.63, 3.8) is 0 Å². The van der Waals surface area contributed by atoms with E-state index in [4.69, 9.17) is 11.6 Å². The molecule has 0 saturated carbocycles. The lowest BCUT2D eigenvalue weighted by molar-refractivity contribution is 0.254. The third-order valence-electron chi connectivity index (χ3n) is 6.23. The molecule has 4 rings (SSSR count). The van der Waals surface area contributed by atoms with Crippen LogP contribution in [-0.4, -0.2) is 23.0 Å². The first-order valence-electron chi connectivity index (χ1n) is 10.9. The standard InChI is InChI=1S/C27H29ClN2/c1-3-23-9-10-24(18-26(23)25-11-12-27(28)29-19-25)20(2)30-15-13-22(14-16-30)17-21-7-5-4-6-8-21/h4-12,18-19,22H,2-3,13-17H2,1H3. The summed E-state index contributed by atoms with van der Waals surface area (Å²) in [6, 6.07) is 21.5. The number of hydrogen-bond donors (Lipinski definition) is 0. The molecule has 2 nitrogen and oxygen atoms in total. The van der Waals surface area contributed by atoms with Crippen LogP contribution in [0.3, 0.4) is 0 Å². The van der Waals surface area contributed by atoms with E-state index in [1.807, 2.05) is 18.3 Å². The molecule has 30 heavy (non-hydrogen) atoms. The highest BCUT2D eigenvalue weighted by Gasteiger charge is 2.21. The third kappa shape index (κ3) is 4.76. The topological polar surface area (TPSA) is 16.1 Å². The molecule has 1 aromatic heterocycles. The lowest BCUT2D eigenvalue weighted by Crippen LogP contribution is -2.32. The molecule has 1 aliphatic heterocycles. The van der Waals surface area contributed by atoms with Gasteiger partial charge in [-0.1, -0.05) is 67.6 Å². The van der Waals surface area contributed by atoms with Gasteiger partial charge in [-0.3, -0.25) is 0 Å². The Morgan fingerprint density at radius 1 is 1.07 bits per heavy atom. The van der Waals surface area contributed by atoms with Crippen LogP contribution in [0.2, 0.25) is 5.15 Å². The second-order valence-corrected chi connectivity index (χ2v) is 8.55. The molecule has 3 aromatic rings. The number of aryl methyl sites for hydroxylation is 1. The zero-order valence-electron chi connectivity index (χ0n) is 17.7. The van der Waals surface area contributed by atoms with E-state index < -0.39 is 0 Å². The van der Waals surface area contributed by atoms with E-state index in [2.05, 4.69) is 71.9 Å². The molecule has 0 amide bonds. The molecule has 1 saturated heterocycles. The Morgan fingerprint density at radius 2 is 1.83 bits per heavy atom. The van der Waals surface area contributed by atoms with Crippen molar-refractivity contribution < 1.29 is 0 Å². The Bertz CT molecular complexity index is 987. The molecule has 0 radical (unpaired) electrons. The van der Waals surface area contributed by atoms with E-state index in [9.17, 15) is 0 Å². The maximum Gasteiger partial charge on any atom is 0.129 e. The van der Waals surface area contributed by atoms with E-state index in [1.54, 1.807) is 0 Å². The highest BCUT2D eigenvalue weighted by atomic mass is 35.5. The van der Waals surface area contributed by atoms with Crippen molar-refractivity contribution in [2.75, 3.05) is 13.1 Å². The van der Waals surface area contributed by atoms with Crippen molar-refractivity contribution in [2.45, 2.75) is 32.6 Å². The molecule has 1 aliphatic rings. The second-order valence-electron chi connectivity index (χ2n) is 8.16. The predicted molar refractivity (Wildman–Crippen MR) is 128 cm³/mol. The second kappa shape index (κ2) is 9.49. The highest BCUT2D eigenvalue weighted by molar-refractivity contribution is 6.29. The Hall–Kier alpha value is -2.58. The van der Waals surface area contributed by atoms with E-state index >= 15 is 0 Å². The number of aromatic nitrogens is 1. The zero-order valence-corrected chi connectivity index (χ0v) is 18.4. The van der Waals surface area contributed by atoms with Crippen LogP contribution in [-0.2, 0) is 12.8 Å². The van der Waals surface area contributed by atoms with Gasteiger partial charge in [-0.15, -0.1) is 0 Å². The molecule has 3 heteroatoms. The first-order chi connectivity index (χ1) is 14.6. The van der Waals surface area contributed by atoms with E-state index in [1.165, 1.54) is 41.5 Å². The van der Waals surface area contributed by atoms with Gasteiger partial charge >= 0.3 is 0 Å². The summed E-state index contributed by atoms with van der Waals surface area (Å²) in [5, 5.41) is 0.524. The van der Waals surface area contributed by atoms with E-state index in [-0.39, 0.29) is 0 Å². The number of nitrogens with zero attached hydrogens (tertiary/aromatic N) is 2. The van der Waals surface area contributed by atoms with Crippen molar-refractivity contribution in [1.82, 2.24) is 9.88 Å². The maximum atomic E-state index is 5.99. The highest BCUT2D eigenvalue weighted by Crippen LogP contribution is 2.31. The van der Waals surface area contributed by atoms with Crippen molar-refractivity contribution in [1.29, 1.82) is 0 Å². The lowest BCUT2D eigenvalue weighted by atomic mass is 9.89. The smallest absolute Gasteiger partial charge is 0.129 e. The lowest BCUT2D eigenvalue weighted by Gasteiger charge is -2.35. The molecule has 2 aromatic carbocycles. The Labute approximate surface area is 185 Å². The number of pyridine rings is 1. The van der Waals surface area contributed by atoms with Crippen LogP contribution in [0, 0.1) is 5.92 Å². The van der Waals surface area contributed by atoms with Gasteiger partial charge in [0.1, 0.15) is 5.15 Å². The minimum atomic E-state index is 0.524. The summed E-state index contributed by atoms with van der Waals surface area (Å²) >= 11 is 5.99. The normalized spacial score (nSPS) is 14.7. The fraction of sp³-hybridized carbons (Fsp3) is 0.296. The number of benzene rings is 2. The Kier molecular flexibility index (Phi) is 6.54. The van der Waals surface area contributed by atoms with E-state index in [0.29, 0.717) is 5.15 Å². The quantitative estimate of drug-likeness (QED) is 0.406. The SMILES string of the molecule is C=C(c1ccc(CC)c(-c2ccc(Cl)nc2)c1)N1CCC(Cc2ccccc2)CC1. The van der Waals surface area contributed by atoms with Gasteiger partial charge in [0.05, 0.1) is 0 Å². The van der Waals surface area contributed by atoms with E-state index in [0.717, 1.165) is 36.7 Å². The van der Waals surface area contributed by atoms with Crippen LogP contribution in [0.4, 0.5) is 0 Å². The molecule has 2 heterocycles. The summed E-state index contributed by atoms with van der Waals surface area (Å²) in [5.41, 5.74) is 7.41. The fourth-order valence-corrected chi connectivity index (χ4v) is 4.52. The number of likely N-dealkylation sites (tertiary alicyclic amines) is 1. The first-order valence-corrected chi connectivity index (χ1v) is 11.2. The van der Waals surface area contributed by atoms with Crippen LogP contribution < -0.4 is 0 Å². The predicted octanol–water partition coefficient (Wildman–Crippen LogP) is 6.89. The van der Waals surface area contributed by atoms with Crippen LogP contribution in [0.25, 0.3) is 16.8 Å². The minimum Gasteiger partial charge on any atom is -0.372 e. The van der Waals surface area contributed by atoms with Crippen molar-refractivity contribution in [3.8, 4) is 11.1 Å². The summed E-state index contributed by atoms with van der Waals surface area (Å²) in [7, 11) is 0. The number of halogens is 1. The molecule has 0 aliphatic carbocycles. The summed E-state index contributed by atoms with van der Waals surface area (Å²) in [4.78, 5) is 6.72. The Morgan fingerprint density at radius 3 is 2.50 bits per heavy atom. The minimum absolute atomic E-state index is 0.524.